The van der Waals surface area contributed by atoms with E-state index in [4.69, 9.17) is 11.6 Å². The number of thioether (sulfide) groups is 1. The third kappa shape index (κ3) is 5.74. The van der Waals surface area contributed by atoms with Crippen molar-refractivity contribution >= 4 is 62.0 Å². The summed E-state index contributed by atoms with van der Waals surface area (Å²) >= 11 is 8.33. The van der Waals surface area contributed by atoms with Crippen LogP contribution >= 0.6 is 34.7 Å². The van der Waals surface area contributed by atoms with Crippen LogP contribution in [0.15, 0.2) is 75.1 Å². The van der Waals surface area contributed by atoms with Crippen LogP contribution in [0.4, 0.5) is 11.4 Å². The van der Waals surface area contributed by atoms with Gasteiger partial charge in [-0.2, -0.15) is 0 Å². The van der Waals surface area contributed by atoms with Gasteiger partial charge in [0.25, 0.3) is 10.0 Å². The Balaban J connectivity index is 1.53. The van der Waals surface area contributed by atoms with Crippen LogP contribution in [0.3, 0.4) is 0 Å². The van der Waals surface area contributed by atoms with E-state index in [2.05, 4.69) is 10.0 Å². The molecule has 9 heteroatoms. The van der Waals surface area contributed by atoms with E-state index in [9.17, 15) is 13.2 Å². The van der Waals surface area contributed by atoms with Gasteiger partial charge in [0.15, 0.2) is 0 Å². The summed E-state index contributed by atoms with van der Waals surface area (Å²) in [6, 6.07) is 17.0. The van der Waals surface area contributed by atoms with Crippen molar-refractivity contribution in [2.75, 3.05) is 15.8 Å². The fraction of sp³-hybridized carbons (Fsp3) is 0.0556. The molecular weight excluding hydrogens is 424 g/mol. The standard InChI is InChI=1S/C18H15ClN2O3S3/c19-13-3-5-14(6-4-13)20-17(22)12-26-16-9-7-15(8-10-16)21-27(23,24)18-2-1-11-25-18/h1-11,21H,12H2,(H,20,22). The third-order valence-corrected chi connectivity index (χ3v) is 7.41. The minimum atomic E-state index is -3.56. The minimum Gasteiger partial charge on any atom is -0.325 e. The van der Waals surface area contributed by atoms with Crippen molar-refractivity contribution < 1.29 is 13.2 Å². The molecule has 0 radical (unpaired) electrons. The molecule has 3 rings (SSSR count). The first-order chi connectivity index (χ1) is 12.9. The van der Waals surface area contributed by atoms with Gasteiger partial charge in [0.2, 0.25) is 5.91 Å². The van der Waals surface area contributed by atoms with Crippen molar-refractivity contribution in [2.45, 2.75) is 9.10 Å². The number of carbonyl (C=O) groups is 1. The smallest absolute Gasteiger partial charge is 0.271 e. The molecule has 1 heterocycles. The van der Waals surface area contributed by atoms with E-state index in [1.165, 1.54) is 11.8 Å². The highest BCUT2D eigenvalue weighted by Gasteiger charge is 2.15. The predicted octanol–water partition coefficient (Wildman–Crippen LogP) is 4.93. The fourth-order valence-electron chi connectivity index (χ4n) is 2.12. The van der Waals surface area contributed by atoms with Crippen LogP contribution < -0.4 is 10.0 Å². The van der Waals surface area contributed by atoms with E-state index < -0.39 is 10.0 Å². The number of anilines is 2. The largest absolute Gasteiger partial charge is 0.325 e. The molecule has 1 amide bonds. The monoisotopic (exact) mass is 438 g/mol. The Morgan fingerprint density at radius 1 is 1.00 bits per heavy atom. The van der Waals surface area contributed by atoms with E-state index in [-0.39, 0.29) is 15.9 Å². The normalized spacial score (nSPS) is 11.1. The number of halogens is 1. The molecule has 0 bridgehead atoms. The summed E-state index contributed by atoms with van der Waals surface area (Å²) in [7, 11) is -3.56. The topological polar surface area (TPSA) is 75.3 Å². The van der Waals surface area contributed by atoms with E-state index in [1.807, 2.05) is 0 Å². The van der Waals surface area contributed by atoms with Crippen LogP contribution in [-0.4, -0.2) is 20.1 Å². The maximum atomic E-state index is 12.2. The van der Waals surface area contributed by atoms with Crippen molar-refractivity contribution in [3.8, 4) is 0 Å². The molecule has 0 aliphatic heterocycles. The lowest BCUT2D eigenvalue weighted by Gasteiger charge is -2.08. The molecule has 140 valence electrons. The van der Waals surface area contributed by atoms with E-state index in [1.54, 1.807) is 66.0 Å². The van der Waals surface area contributed by atoms with Gasteiger partial charge in [0.05, 0.1) is 5.75 Å². The Kier molecular flexibility index (Phi) is 6.43. The number of carbonyl (C=O) groups excluding carboxylic acids is 1. The van der Waals surface area contributed by atoms with Crippen molar-refractivity contribution in [3.63, 3.8) is 0 Å². The van der Waals surface area contributed by atoms with Crippen molar-refractivity contribution in [2.24, 2.45) is 0 Å². The van der Waals surface area contributed by atoms with E-state index in [0.717, 1.165) is 16.2 Å². The molecule has 27 heavy (non-hydrogen) atoms. The number of nitrogens with one attached hydrogen (secondary N) is 2. The molecular formula is C18H15ClN2O3S3. The Morgan fingerprint density at radius 2 is 1.67 bits per heavy atom. The Bertz CT molecular complexity index is 1000. The summed E-state index contributed by atoms with van der Waals surface area (Å²) in [6.45, 7) is 0. The molecule has 2 N–H and O–H groups in total. The molecule has 0 unspecified atom stereocenters. The average molecular weight is 439 g/mol. The lowest BCUT2D eigenvalue weighted by molar-refractivity contribution is -0.113. The fourth-order valence-corrected chi connectivity index (χ4v) is 5.00. The number of hydrogen-bond donors (Lipinski definition) is 2. The summed E-state index contributed by atoms with van der Waals surface area (Å²) in [5.74, 6) is 0.105. The number of thiophene rings is 1. The first kappa shape index (κ1) is 19.8. The van der Waals surface area contributed by atoms with Crippen molar-refractivity contribution in [1.29, 1.82) is 0 Å². The molecule has 0 saturated carbocycles. The average Bonchev–Trinajstić information content (AvgIpc) is 3.19. The second kappa shape index (κ2) is 8.79. The van der Waals surface area contributed by atoms with Crippen LogP contribution in [0.1, 0.15) is 0 Å². The molecule has 2 aromatic carbocycles. The lowest BCUT2D eigenvalue weighted by Crippen LogP contribution is -2.13. The first-order valence-electron chi connectivity index (χ1n) is 7.77. The van der Waals surface area contributed by atoms with E-state index >= 15 is 0 Å². The molecule has 5 nitrogen and oxygen atoms in total. The van der Waals surface area contributed by atoms with Crippen molar-refractivity contribution in [1.82, 2.24) is 0 Å². The summed E-state index contributed by atoms with van der Waals surface area (Å²) in [6.07, 6.45) is 0. The second-order valence-electron chi connectivity index (χ2n) is 5.41. The molecule has 0 atom stereocenters. The van der Waals surface area contributed by atoms with Crippen LogP contribution in [0.25, 0.3) is 0 Å². The highest BCUT2D eigenvalue weighted by molar-refractivity contribution is 8.00. The van der Waals surface area contributed by atoms with Gasteiger partial charge in [-0.05, 0) is 60.0 Å². The highest BCUT2D eigenvalue weighted by atomic mass is 35.5. The number of sulfonamides is 1. The van der Waals surface area contributed by atoms with E-state index in [0.29, 0.717) is 16.4 Å². The number of rotatable bonds is 7. The molecule has 0 aliphatic rings. The summed E-state index contributed by atoms with van der Waals surface area (Å²) in [4.78, 5) is 12.9. The first-order valence-corrected chi connectivity index (χ1v) is 11.5. The third-order valence-electron chi connectivity index (χ3n) is 3.36. The maximum absolute atomic E-state index is 12.2. The Labute approximate surface area is 170 Å². The molecule has 1 aromatic heterocycles. The van der Waals surface area contributed by atoms with Crippen LogP contribution in [0.2, 0.25) is 5.02 Å². The summed E-state index contributed by atoms with van der Waals surface area (Å²) in [5, 5.41) is 5.11. The molecule has 0 saturated heterocycles. The van der Waals surface area contributed by atoms with Gasteiger partial charge in [-0.3, -0.25) is 9.52 Å². The lowest BCUT2D eigenvalue weighted by atomic mass is 10.3. The quantitative estimate of drug-likeness (QED) is 0.512. The van der Waals surface area contributed by atoms with Crippen LogP contribution in [0.5, 0.6) is 0 Å². The van der Waals surface area contributed by atoms with Gasteiger partial charge >= 0.3 is 0 Å². The Hall–Kier alpha value is -2.00. The molecule has 3 aromatic rings. The highest BCUT2D eigenvalue weighted by Crippen LogP contribution is 2.24. The zero-order valence-corrected chi connectivity index (χ0v) is 17.1. The summed E-state index contributed by atoms with van der Waals surface area (Å²) < 4.78 is 27.2. The Morgan fingerprint density at radius 3 is 2.30 bits per heavy atom. The van der Waals surface area contributed by atoms with Gasteiger partial charge in [-0.15, -0.1) is 23.1 Å². The number of amides is 1. The summed E-state index contributed by atoms with van der Waals surface area (Å²) in [5.41, 5.74) is 1.15. The van der Waals surface area contributed by atoms with Gasteiger partial charge in [0.1, 0.15) is 4.21 Å². The van der Waals surface area contributed by atoms with Gasteiger partial charge < -0.3 is 5.32 Å². The molecule has 0 spiro atoms. The van der Waals surface area contributed by atoms with Crippen LogP contribution in [-0.2, 0) is 14.8 Å². The van der Waals surface area contributed by atoms with Crippen molar-refractivity contribution in [3.05, 3.63) is 71.1 Å². The SMILES string of the molecule is O=C(CSc1ccc(NS(=O)(=O)c2cccs2)cc1)Nc1ccc(Cl)cc1. The maximum Gasteiger partial charge on any atom is 0.271 e. The zero-order valence-electron chi connectivity index (χ0n) is 13.9. The number of benzene rings is 2. The van der Waals surface area contributed by atoms with Crippen LogP contribution in [0, 0.1) is 0 Å². The zero-order chi connectivity index (χ0) is 19.3. The number of hydrogen-bond acceptors (Lipinski definition) is 5. The van der Waals surface area contributed by atoms with Gasteiger partial charge in [-0.1, -0.05) is 17.7 Å². The second-order valence-corrected chi connectivity index (χ2v) is 9.75. The minimum absolute atomic E-state index is 0.134. The molecule has 0 aliphatic carbocycles. The predicted molar refractivity (Wildman–Crippen MR) is 112 cm³/mol. The van der Waals surface area contributed by atoms with Gasteiger partial charge in [-0.25, -0.2) is 8.42 Å². The van der Waals surface area contributed by atoms with Gasteiger partial charge in [0, 0.05) is 21.3 Å². The molecule has 0 fully saturated rings.